The largest absolute Gasteiger partial charge is 1.00 e. The van der Waals surface area contributed by atoms with E-state index < -0.39 is 0 Å². The molecule has 0 amide bonds. The Bertz CT molecular complexity index is 1110. The highest BCUT2D eigenvalue weighted by molar-refractivity contribution is 6.42. The molecule has 7 heteroatoms. The predicted molar refractivity (Wildman–Crippen MR) is 110 cm³/mol. The predicted octanol–water partition coefficient (Wildman–Crippen LogP) is 2.66. The number of hydrogen-bond acceptors (Lipinski definition) is 3. The lowest BCUT2D eigenvalue weighted by atomic mass is 10.2. The van der Waals surface area contributed by atoms with Crippen molar-refractivity contribution in [1.29, 1.82) is 0 Å². The molecule has 0 radical (unpaired) electrons. The van der Waals surface area contributed by atoms with Crippen LogP contribution in [0, 0.1) is 0 Å². The van der Waals surface area contributed by atoms with Crippen LogP contribution >= 0.6 is 23.2 Å². The summed E-state index contributed by atoms with van der Waals surface area (Å²) in [5, 5.41) is 1.10. The van der Waals surface area contributed by atoms with E-state index in [0.717, 1.165) is 22.4 Å². The third kappa shape index (κ3) is 4.99. The molecule has 2 aromatic carbocycles. The van der Waals surface area contributed by atoms with Gasteiger partial charge in [0.15, 0.2) is 24.7 Å². The van der Waals surface area contributed by atoms with Crippen molar-refractivity contribution in [1.82, 2.24) is 4.98 Å². The van der Waals surface area contributed by atoms with Crippen molar-refractivity contribution in [2.45, 2.75) is 6.54 Å². The summed E-state index contributed by atoms with van der Waals surface area (Å²) in [6.45, 7) is 0.663. The van der Waals surface area contributed by atoms with Crippen LogP contribution in [0.2, 0.25) is 10.0 Å². The summed E-state index contributed by atoms with van der Waals surface area (Å²) in [4.78, 5) is 4.43. The van der Waals surface area contributed by atoms with Crippen molar-refractivity contribution >= 4 is 23.2 Å². The zero-order valence-electron chi connectivity index (χ0n) is 15.5. The normalized spacial score (nSPS) is 10.4. The maximum Gasteiger partial charge on any atom is 0.232 e. The third-order valence-electron chi connectivity index (χ3n) is 4.33. The van der Waals surface area contributed by atoms with E-state index in [0.29, 0.717) is 28.2 Å². The highest BCUT2D eigenvalue weighted by Crippen LogP contribution is 2.27. The zero-order valence-corrected chi connectivity index (χ0v) is 18.6. The minimum absolute atomic E-state index is 0. The monoisotopic (exact) mass is 490 g/mol. The summed E-state index contributed by atoms with van der Waals surface area (Å²) in [5.41, 5.74) is 2.89. The second-order valence-corrected chi connectivity index (χ2v) is 7.09. The lowest BCUT2D eigenvalue weighted by Crippen LogP contribution is -3.00. The number of ether oxygens (including phenoxy) is 1. The summed E-state index contributed by atoms with van der Waals surface area (Å²) in [6.07, 6.45) is 5.71. The number of methoxy groups -OCH3 is 1. The number of halogens is 3. The molecule has 0 aliphatic carbocycles. The van der Waals surface area contributed by atoms with Crippen molar-refractivity contribution < 1.29 is 30.7 Å². The van der Waals surface area contributed by atoms with Crippen molar-refractivity contribution in [2.75, 3.05) is 7.11 Å². The number of rotatable bonds is 5. The molecule has 148 valence electrons. The van der Waals surface area contributed by atoms with Gasteiger partial charge in [-0.25, -0.2) is 4.98 Å². The molecule has 4 rings (SSSR count). The number of nitrogens with zero attached hydrogens (tertiary/aromatic N) is 2. The van der Waals surface area contributed by atoms with E-state index in [1.165, 1.54) is 0 Å². The van der Waals surface area contributed by atoms with Gasteiger partial charge >= 0.3 is 0 Å². The van der Waals surface area contributed by atoms with Crippen molar-refractivity contribution in [2.24, 2.45) is 0 Å². The molecule has 0 aliphatic heterocycles. The maximum absolute atomic E-state index is 6.11. The van der Waals surface area contributed by atoms with Gasteiger partial charge in [0.25, 0.3) is 0 Å². The van der Waals surface area contributed by atoms with Crippen molar-refractivity contribution in [3.8, 4) is 28.5 Å². The quantitative estimate of drug-likeness (QED) is 0.403. The van der Waals surface area contributed by atoms with E-state index in [4.69, 9.17) is 32.4 Å². The standard InChI is InChI=1S/C22H17Cl2N2O2.BrH/c1-27-18-7-5-16(6-8-18)21-12-25-22(28-21)17-3-2-10-26(14-17)13-15-4-9-19(23)20(24)11-15;/h2-12,14H,13H2,1H3;1H/q+1;/p-1. The van der Waals surface area contributed by atoms with E-state index >= 15 is 0 Å². The van der Waals surface area contributed by atoms with E-state index in [-0.39, 0.29) is 17.0 Å². The molecule has 0 fully saturated rings. The molecular weight excluding hydrogens is 475 g/mol. The molecular formula is C22H17BrCl2N2O2. The summed E-state index contributed by atoms with van der Waals surface area (Å²) in [6, 6.07) is 17.2. The fourth-order valence-electron chi connectivity index (χ4n) is 2.89. The minimum atomic E-state index is 0. The number of oxazole rings is 1. The average Bonchev–Trinajstić information content (AvgIpc) is 3.21. The van der Waals surface area contributed by atoms with Crippen LogP contribution in [0.5, 0.6) is 5.75 Å². The number of hydrogen-bond donors (Lipinski definition) is 0. The van der Waals surface area contributed by atoms with Crippen molar-refractivity contribution in [3.05, 3.63) is 88.8 Å². The Kier molecular flexibility index (Phi) is 6.96. The molecule has 4 aromatic rings. The van der Waals surface area contributed by atoms with Gasteiger partial charge in [0, 0.05) is 17.2 Å². The first-order valence-electron chi connectivity index (χ1n) is 8.66. The topological polar surface area (TPSA) is 39.1 Å². The Hall–Kier alpha value is -2.34. The smallest absolute Gasteiger partial charge is 0.232 e. The number of benzene rings is 2. The van der Waals surface area contributed by atoms with Gasteiger partial charge in [-0.1, -0.05) is 29.3 Å². The Balaban J connectivity index is 0.00000240. The molecule has 0 aliphatic rings. The fourth-order valence-corrected chi connectivity index (χ4v) is 3.21. The van der Waals surface area contributed by atoms with Crippen LogP contribution in [0.4, 0.5) is 0 Å². The van der Waals surface area contributed by atoms with E-state index in [2.05, 4.69) is 4.98 Å². The van der Waals surface area contributed by atoms with Crippen LogP contribution in [0.15, 0.2) is 77.6 Å². The van der Waals surface area contributed by atoms with Crippen LogP contribution in [0.25, 0.3) is 22.8 Å². The first kappa shape index (κ1) is 21.4. The van der Waals surface area contributed by atoms with Gasteiger partial charge in [0.2, 0.25) is 5.89 Å². The lowest BCUT2D eigenvalue weighted by molar-refractivity contribution is -0.687. The highest BCUT2D eigenvalue weighted by atomic mass is 79.9. The molecule has 2 aromatic heterocycles. The third-order valence-corrected chi connectivity index (χ3v) is 5.07. The van der Waals surface area contributed by atoms with E-state index in [1.54, 1.807) is 19.4 Å². The van der Waals surface area contributed by atoms with Gasteiger partial charge in [-0.05, 0) is 42.5 Å². The SMILES string of the molecule is COc1ccc(-c2cnc(-c3ccc[n+](Cc4ccc(Cl)c(Cl)c4)c3)o2)cc1.[Br-]. The van der Waals surface area contributed by atoms with Gasteiger partial charge in [0.05, 0.1) is 23.4 Å². The molecule has 0 spiro atoms. The maximum atomic E-state index is 6.11. The minimum Gasteiger partial charge on any atom is -1.00 e. The number of aromatic nitrogens is 2. The average molecular weight is 492 g/mol. The van der Waals surface area contributed by atoms with Gasteiger partial charge in [0.1, 0.15) is 11.3 Å². The highest BCUT2D eigenvalue weighted by Gasteiger charge is 2.13. The Morgan fingerprint density at radius 2 is 1.79 bits per heavy atom. The molecule has 0 N–H and O–H groups in total. The molecule has 29 heavy (non-hydrogen) atoms. The molecule has 0 atom stereocenters. The van der Waals surface area contributed by atoms with Crippen molar-refractivity contribution in [3.63, 3.8) is 0 Å². The molecule has 0 saturated carbocycles. The first-order valence-corrected chi connectivity index (χ1v) is 9.41. The lowest BCUT2D eigenvalue weighted by Gasteiger charge is -2.02. The van der Waals surface area contributed by atoms with Gasteiger partial charge < -0.3 is 26.1 Å². The Morgan fingerprint density at radius 3 is 2.52 bits per heavy atom. The van der Waals surface area contributed by atoms with E-state index in [1.807, 2.05) is 65.5 Å². The molecule has 4 nitrogen and oxygen atoms in total. The molecule has 0 bridgehead atoms. The van der Waals surface area contributed by atoms with Crippen LogP contribution in [-0.4, -0.2) is 12.1 Å². The van der Waals surface area contributed by atoms with Crippen LogP contribution in [0.1, 0.15) is 5.56 Å². The molecule has 0 saturated heterocycles. The molecule has 2 heterocycles. The number of pyridine rings is 1. The molecule has 0 unspecified atom stereocenters. The van der Waals surface area contributed by atoms with Gasteiger partial charge in [-0.2, -0.15) is 4.57 Å². The summed E-state index contributed by atoms with van der Waals surface area (Å²) >= 11 is 12.1. The Morgan fingerprint density at radius 1 is 1.00 bits per heavy atom. The van der Waals surface area contributed by atoms with Gasteiger partial charge in [-0.15, -0.1) is 0 Å². The summed E-state index contributed by atoms with van der Waals surface area (Å²) in [7, 11) is 1.64. The van der Waals surface area contributed by atoms with Crippen LogP contribution in [0.3, 0.4) is 0 Å². The zero-order chi connectivity index (χ0) is 19.5. The Labute approximate surface area is 189 Å². The van der Waals surface area contributed by atoms with Crippen LogP contribution in [-0.2, 0) is 6.54 Å². The summed E-state index contributed by atoms with van der Waals surface area (Å²) in [5.74, 6) is 2.07. The van der Waals surface area contributed by atoms with Crippen LogP contribution < -0.4 is 26.3 Å². The second-order valence-electron chi connectivity index (χ2n) is 6.27. The first-order chi connectivity index (χ1) is 13.6. The van der Waals surface area contributed by atoms with Gasteiger partial charge in [-0.3, -0.25) is 0 Å². The summed E-state index contributed by atoms with van der Waals surface area (Å²) < 4.78 is 13.2. The van der Waals surface area contributed by atoms with E-state index in [9.17, 15) is 0 Å². The fraction of sp³-hybridized carbons (Fsp3) is 0.0909. The second kappa shape index (κ2) is 9.44.